The van der Waals surface area contributed by atoms with Gasteiger partial charge in [0.2, 0.25) is 0 Å². The average Bonchev–Trinajstić information content (AvgIpc) is 2.67. The molecule has 1 amide bonds. The Kier molecular flexibility index (Phi) is 7.44. The molecule has 0 aliphatic carbocycles. The molecule has 8 nitrogen and oxygen atoms in total. The Bertz CT molecular complexity index is 842. The predicted molar refractivity (Wildman–Crippen MR) is 101 cm³/mol. The van der Waals surface area contributed by atoms with E-state index in [9.17, 15) is 24.1 Å². The van der Waals surface area contributed by atoms with Gasteiger partial charge in [-0.15, -0.1) is 0 Å². The quantitative estimate of drug-likeness (QED) is 0.294. The first kappa shape index (κ1) is 20.8. The Balaban J connectivity index is 1.72. The van der Waals surface area contributed by atoms with Crippen molar-refractivity contribution in [2.45, 2.75) is 25.9 Å². The van der Waals surface area contributed by atoms with Crippen LogP contribution in [0.3, 0.4) is 0 Å². The maximum Gasteiger partial charge on any atom is 0.306 e. The Morgan fingerprint density at radius 1 is 1.18 bits per heavy atom. The van der Waals surface area contributed by atoms with Gasteiger partial charge in [-0.3, -0.25) is 19.7 Å². The molecule has 1 atom stereocenters. The third-order valence-electron chi connectivity index (χ3n) is 3.76. The number of carbonyl (C=O) groups excluding carboxylic acids is 2. The summed E-state index contributed by atoms with van der Waals surface area (Å²) in [5.41, 5.74) is 0.715. The second-order valence-corrected chi connectivity index (χ2v) is 5.93. The van der Waals surface area contributed by atoms with Crippen molar-refractivity contribution in [3.8, 4) is 0 Å². The molecule has 2 rings (SSSR count). The van der Waals surface area contributed by atoms with Gasteiger partial charge in [0, 0.05) is 24.7 Å². The number of nitrogens with one attached hydrogen (secondary N) is 2. The van der Waals surface area contributed by atoms with Gasteiger partial charge in [0.15, 0.2) is 6.10 Å². The van der Waals surface area contributed by atoms with E-state index in [2.05, 4.69) is 10.6 Å². The molecule has 2 aromatic rings. The van der Waals surface area contributed by atoms with Gasteiger partial charge in [0.05, 0.1) is 4.92 Å². The monoisotopic (exact) mass is 389 g/mol. The summed E-state index contributed by atoms with van der Waals surface area (Å²) in [7, 11) is 0. The molecular formula is C19H20FN3O5. The average molecular weight is 389 g/mol. The number of benzene rings is 2. The lowest BCUT2D eigenvalue weighted by Crippen LogP contribution is -2.30. The van der Waals surface area contributed by atoms with Crippen molar-refractivity contribution in [2.24, 2.45) is 0 Å². The summed E-state index contributed by atoms with van der Waals surface area (Å²) < 4.78 is 17.9. The van der Waals surface area contributed by atoms with Gasteiger partial charge in [-0.2, -0.15) is 0 Å². The molecule has 2 aromatic carbocycles. The Labute approximate surface area is 160 Å². The van der Waals surface area contributed by atoms with Gasteiger partial charge in [-0.05, 0) is 43.7 Å². The molecule has 28 heavy (non-hydrogen) atoms. The van der Waals surface area contributed by atoms with E-state index in [0.29, 0.717) is 24.3 Å². The first-order valence-corrected chi connectivity index (χ1v) is 8.60. The van der Waals surface area contributed by atoms with Crippen LogP contribution in [0.2, 0.25) is 0 Å². The third-order valence-corrected chi connectivity index (χ3v) is 3.76. The molecule has 0 saturated heterocycles. The Hall–Kier alpha value is -3.49. The summed E-state index contributed by atoms with van der Waals surface area (Å²) in [6, 6.07) is 11.4. The van der Waals surface area contributed by atoms with Gasteiger partial charge in [-0.1, -0.05) is 12.1 Å². The maximum atomic E-state index is 12.9. The molecule has 0 heterocycles. The molecule has 148 valence electrons. The molecule has 0 saturated carbocycles. The highest BCUT2D eigenvalue weighted by Gasteiger charge is 2.18. The van der Waals surface area contributed by atoms with E-state index in [-0.39, 0.29) is 12.1 Å². The zero-order valence-corrected chi connectivity index (χ0v) is 15.2. The van der Waals surface area contributed by atoms with E-state index in [1.54, 1.807) is 18.2 Å². The molecule has 0 bridgehead atoms. The summed E-state index contributed by atoms with van der Waals surface area (Å²) in [6.07, 6.45) is -0.598. The lowest BCUT2D eigenvalue weighted by atomic mass is 10.2. The van der Waals surface area contributed by atoms with Crippen LogP contribution >= 0.6 is 0 Å². The topological polar surface area (TPSA) is 111 Å². The fourth-order valence-corrected chi connectivity index (χ4v) is 2.32. The van der Waals surface area contributed by atoms with Crippen molar-refractivity contribution in [2.75, 3.05) is 17.2 Å². The van der Waals surface area contributed by atoms with Crippen LogP contribution in [0.1, 0.15) is 19.8 Å². The van der Waals surface area contributed by atoms with E-state index in [1.807, 2.05) is 0 Å². The Morgan fingerprint density at radius 3 is 2.54 bits per heavy atom. The first-order chi connectivity index (χ1) is 13.4. The SMILES string of the molecule is C[C@@H](OC(=O)CCCNc1ccccc1[N+](=O)[O-])C(=O)Nc1ccc(F)cc1. The molecule has 2 N–H and O–H groups in total. The number of nitro benzene ring substituents is 1. The molecule has 0 aliphatic heterocycles. The highest BCUT2D eigenvalue weighted by atomic mass is 19.1. The maximum absolute atomic E-state index is 12.9. The molecule has 0 unspecified atom stereocenters. The van der Waals surface area contributed by atoms with E-state index in [4.69, 9.17) is 4.74 Å². The van der Waals surface area contributed by atoms with Crippen LogP contribution in [0.4, 0.5) is 21.5 Å². The number of ether oxygens (including phenoxy) is 1. The van der Waals surface area contributed by atoms with Crippen LogP contribution in [0.5, 0.6) is 0 Å². The number of halogens is 1. The molecular weight excluding hydrogens is 369 g/mol. The van der Waals surface area contributed by atoms with Crippen LogP contribution in [0, 0.1) is 15.9 Å². The lowest BCUT2D eigenvalue weighted by molar-refractivity contribution is -0.384. The zero-order chi connectivity index (χ0) is 20.5. The summed E-state index contributed by atoms with van der Waals surface area (Å²) in [6.45, 7) is 1.76. The van der Waals surface area contributed by atoms with Gasteiger partial charge in [0.1, 0.15) is 11.5 Å². The molecule has 0 radical (unpaired) electrons. The summed E-state index contributed by atoms with van der Waals surface area (Å²) in [4.78, 5) is 34.3. The van der Waals surface area contributed by atoms with E-state index >= 15 is 0 Å². The third kappa shape index (κ3) is 6.35. The number of rotatable bonds is 9. The second kappa shape index (κ2) is 10.0. The number of nitro groups is 1. The van der Waals surface area contributed by atoms with E-state index in [0.717, 1.165) is 0 Å². The van der Waals surface area contributed by atoms with Crippen LogP contribution in [-0.2, 0) is 14.3 Å². The number of nitrogens with zero attached hydrogens (tertiary/aromatic N) is 1. The summed E-state index contributed by atoms with van der Waals surface area (Å²) in [5, 5.41) is 16.4. The minimum absolute atomic E-state index is 0.0435. The standard InChI is InChI=1S/C19H20FN3O5/c1-13(19(25)22-15-10-8-14(20)9-11-15)28-18(24)7-4-12-21-16-5-2-3-6-17(16)23(26)27/h2-3,5-6,8-11,13,21H,4,7,12H2,1H3,(H,22,25)/t13-/m1/s1. The number of hydrogen-bond donors (Lipinski definition) is 2. The van der Waals surface area contributed by atoms with Crippen molar-refractivity contribution in [3.05, 3.63) is 64.5 Å². The molecule has 0 aliphatic rings. The van der Waals surface area contributed by atoms with Crippen molar-refractivity contribution in [3.63, 3.8) is 0 Å². The van der Waals surface area contributed by atoms with Crippen molar-refractivity contribution in [1.82, 2.24) is 0 Å². The number of hydrogen-bond acceptors (Lipinski definition) is 6. The normalized spacial score (nSPS) is 11.4. The van der Waals surface area contributed by atoms with E-state index in [1.165, 1.54) is 37.3 Å². The summed E-state index contributed by atoms with van der Waals surface area (Å²) >= 11 is 0. The van der Waals surface area contributed by atoms with Crippen molar-refractivity contribution >= 4 is 28.9 Å². The largest absolute Gasteiger partial charge is 0.453 e. The number of carbonyl (C=O) groups is 2. The summed E-state index contributed by atoms with van der Waals surface area (Å²) in [5.74, 6) is -1.52. The van der Waals surface area contributed by atoms with E-state index < -0.39 is 28.7 Å². The first-order valence-electron chi connectivity index (χ1n) is 8.60. The number of amides is 1. The van der Waals surface area contributed by atoms with Crippen LogP contribution < -0.4 is 10.6 Å². The fraction of sp³-hybridized carbons (Fsp3) is 0.263. The van der Waals surface area contributed by atoms with Crippen molar-refractivity contribution < 1.29 is 23.6 Å². The molecule has 0 fully saturated rings. The molecule has 0 spiro atoms. The van der Waals surface area contributed by atoms with Crippen LogP contribution in [0.15, 0.2) is 48.5 Å². The van der Waals surface area contributed by atoms with Crippen molar-refractivity contribution in [1.29, 1.82) is 0 Å². The Morgan fingerprint density at radius 2 is 1.86 bits per heavy atom. The number of anilines is 2. The lowest BCUT2D eigenvalue weighted by Gasteiger charge is -2.13. The molecule has 0 aromatic heterocycles. The highest BCUT2D eigenvalue weighted by molar-refractivity contribution is 5.95. The van der Waals surface area contributed by atoms with Crippen LogP contribution in [-0.4, -0.2) is 29.4 Å². The minimum Gasteiger partial charge on any atom is -0.453 e. The smallest absolute Gasteiger partial charge is 0.306 e. The number of esters is 1. The predicted octanol–water partition coefficient (Wildman–Crippen LogP) is 3.50. The van der Waals surface area contributed by atoms with Gasteiger partial charge >= 0.3 is 5.97 Å². The fourth-order valence-electron chi connectivity index (χ4n) is 2.32. The molecule has 9 heteroatoms. The highest BCUT2D eigenvalue weighted by Crippen LogP contribution is 2.23. The van der Waals surface area contributed by atoms with Gasteiger partial charge in [-0.25, -0.2) is 4.39 Å². The minimum atomic E-state index is -1.01. The van der Waals surface area contributed by atoms with Gasteiger partial charge < -0.3 is 15.4 Å². The van der Waals surface area contributed by atoms with Crippen LogP contribution in [0.25, 0.3) is 0 Å². The van der Waals surface area contributed by atoms with Gasteiger partial charge in [0.25, 0.3) is 11.6 Å². The zero-order valence-electron chi connectivity index (χ0n) is 15.2. The number of para-hydroxylation sites is 2. The second-order valence-electron chi connectivity index (χ2n) is 5.93.